The Hall–Kier alpha value is -4.91. The third-order valence-electron chi connectivity index (χ3n) is 6.99. The van der Waals surface area contributed by atoms with Gasteiger partial charge in [-0.15, -0.1) is 11.3 Å². The first-order chi connectivity index (χ1) is 19.4. The van der Waals surface area contributed by atoms with Gasteiger partial charge in [-0.25, -0.2) is 9.97 Å². The van der Waals surface area contributed by atoms with E-state index in [0.717, 1.165) is 10.4 Å². The molecule has 202 valence electrons. The second-order valence-electron chi connectivity index (χ2n) is 9.38. The highest BCUT2D eigenvalue weighted by atomic mass is 32.1. The lowest BCUT2D eigenvalue weighted by atomic mass is 9.97. The number of fused-ring (bicyclic) bond motifs is 2. The predicted molar refractivity (Wildman–Crippen MR) is 149 cm³/mol. The zero-order valence-corrected chi connectivity index (χ0v) is 22.1. The lowest BCUT2D eigenvalue weighted by Crippen LogP contribution is -2.38. The number of benzene rings is 2. The van der Waals surface area contributed by atoms with Crippen LogP contribution in [0.25, 0.3) is 21.8 Å². The molecule has 0 saturated carbocycles. The van der Waals surface area contributed by atoms with Gasteiger partial charge < -0.3 is 15.0 Å². The number of H-pyrrole nitrogens is 1. The predicted octanol–water partition coefficient (Wildman–Crippen LogP) is 4.76. The number of nitro groups is 1. The van der Waals surface area contributed by atoms with Crippen molar-refractivity contribution in [2.24, 2.45) is 0 Å². The second kappa shape index (κ2) is 10.3. The standard InChI is InChI=1S/C27H23N7O5S/c1-39-23-13-21(28-19-5-3-2-4-17(19)23)27(36)33-10-8-15(9-11-33)26-29-22(14-40-26)25(35)30-24-18-12-16(34(37)38)6-7-20(18)31-32-24/h2-7,12-15H,8-11H2,1H3,(H2,30,31,32,35). The highest BCUT2D eigenvalue weighted by molar-refractivity contribution is 7.10. The van der Waals surface area contributed by atoms with Crippen molar-refractivity contribution in [3.05, 3.63) is 80.4 Å². The number of non-ortho nitro benzene ring substituents is 1. The van der Waals surface area contributed by atoms with Crippen LogP contribution in [-0.4, -0.2) is 62.0 Å². The van der Waals surface area contributed by atoms with Gasteiger partial charge in [0.05, 0.1) is 33.5 Å². The number of aromatic amines is 1. The molecule has 2 N–H and O–H groups in total. The molecule has 1 aliphatic heterocycles. The highest BCUT2D eigenvalue weighted by Gasteiger charge is 2.28. The molecule has 4 heterocycles. The van der Waals surface area contributed by atoms with Gasteiger partial charge in [0.25, 0.3) is 17.5 Å². The van der Waals surface area contributed by atoms with Crippen molar-refractivity contribution < 1.29 is 19.2 Å². The Balaban J connectivity index is 1.11. The van der Waals surface area contributed by atoms with Crippen LogP contribution in [0.3, 0.4) is 0 Å². The minimum atomic E-state index is -0.501. The number of methoxy groups -OCH3 is 1. The lowest BCUT2D eigenvalue weighted by Gasteiger charge is -2.31. The van der Waals surface area contributed by atoms with Crippen LogP contribution in [0.1, 0.15) is 44.7 Å². The molecule has 5 aromatic rings. The Morgan fingerprint density at radius 1 is 1.10 bits per heavy atom. The van der Waals surface area contributed by atoms with E-state index in [0.29, 0.717) is 53.8 Å². The largest absolute Gasteiger partial charge is 0.496 e. The van der Waals surface area contributed by atoms with Crippen molar-refractivity contribution in [2.75, 3.05) is 25.5 Å². The van der Waals surface area contributed by atoms with Crippen LogP contribution in [0.15, 0.2) is 53.9 Å². The molecule has 13 heteroatoms. The van der Waals surface area contributed by atoms with Crippen LogP contribution < -0.4 is 10.1 Å². The zero-order chi connectivity index (χ0) is 27.8. The maximum absolute atomic E-state index is 13.2. The second-order valence-corrected chi connectivity index (χ2v) is 10.3. The summed E-state index contributed by atoms with van der Waals surface area (Å²) in [5.74, 6) is 0.325. The van der Waals surface area contributed by atoms with Gasteiger partial charge in [-0.1, -0.05) is 12.1 Å². The number of nitrogens with zero attached hydrogens (tertiary/aromatic N) is 5. The number of thiazole rings is 1. The molecule has 0 bridgehead atoms. The minimum absolute atomic E-state index is 0.0966. The molecule has 3 aromatic heterocycles. The number of piperidine rings is 1. The SMILES string of the molecule is COc1cc(C(=O)N2CCC(c3nc(C(=O)Nc4n[nH]c5ccc([N+](=O)[O-])cc45)cs3)CC2)nc2ccccc12. The number of rotatable bonds is 6. The third kappa shape index (κ3) is 4.71. The Bertz CT molecular complexity index is 1770. The van der Waals surface area contributed by atoms with Crippen LogP contribution in [0.2, 0.25) is 0 Å². The number of carbonyl (C=O) groups is 2. The molecule has 1 fully saturated rings. The van der Waals surface area contributed by atoms with Crippen LogP contribution in [0, 0.1) is 10.1 Å². The normalized spacial score (nSPS) is 14.0. The maximum Gasteiger partial charge on any atom is 0.276 e. The van der Waals surface area contributed by atoms with Gasteiger partial charge in [0.15, 0.2) is 5.82 Å². The number of amides is 2. The fourth-order valence-electron chi connectivity index (χ4n) is 4.88. The van der Waals surface area contributed by atoms with Crippen LogP contribution in [0.5, 0.6) is 5.75 Å². The Morgan fingerprint density at radius 2 is 1.90 bits per heavy atom. The van der Waals surface area contributed by atoms with Crippen LogP contribution >= 0.6 is 11.3 Å². The van der Waals surface area contributed by atoms with E-state index in [9.17, 15) is 19.7 Å². The molecule has 0 unspecified atom stereocenters. The van der Waals surface area contributed by atoms with Gasteiger partial charge in [-0.3, -0.25) is 24.8 Å². The first-order valence-electron chi connectivity index (χ1n) is 12.5. The van der Waals surface area contributed by atoms with Gasteiger partial charge in [0.1, 0.15) is 17.1 Å². The zero-order valence-electron chi connectivity index (χ0n) is 21.3. The summed E-state index contributed by atoms with van der Waals surface area (Å²) in [6.45, 7) is 1.08. The number of hydrogen-bond acceptors (Lipinski definition) is 9. The van der Waals surface area contributed by atoms with E-state index >= 15 is 0 Å². The number of nitro benzene ring substituents is 1. The number of carbonyl (C=O) groups excluding carboxylic acids is 2. The average molecular weight is 558 g/mol. The van der Waals surface area contributed by atoms with E-state index in [1.165, 1.54) is 23.5 Å². The quantitative estimate of drug-likeness (QED) is 0.224. The number of aromatic nitrogens is 4. The molecule has 12 nitrogen and oxygen atoms in total. The number of pyridine rings is 1. The molecule has 0 aliphatic carbocycles. The van der Waals surface area contributed by atoms with Gasteiger partial charge in [0, 0.05) is 48.0 Å². The monoisotopic (exact) mass is 557 g/mol. The van der Waals surface area contributed by atoms with Gasteiger partial charge in [-0.05, 0) is 31.0 Å². The fourth-order valence-corrected chi connectivity index (χ4v) is 5.85. The minimum Gasteiger partial charge on any atom is -0.496 e. The molecular weight excluding hydrogens is 534 g/mol. The molecule has 6 rings (SSSR count). The third-order valence-corrected chi connectivity index (χ3v) is 8.00. The topological polar surface area (TPSA) is 156 Å². The summed E-state index contributed by atoms with van der Waals surface area (Å²) in [5.41, 5.74) is 1.76. The van der Waals surface area contributed by atoms with Crippen LogP contribution in [0.4, 0.5) is 11.5 Å². The summed E-state index contributed by atoms with van der Waals surface area (Å²) in [5, 5.41) is 24.5. The Labute approximate surface area is 231 Å². The number of hydrogen-bond donors (Lipinski definition) is 2. The van der Waals surface area contributed by atoms with E-state index in [2.05, 4.69) is 25.5 Å². The molecular formula is C27H23N7O5S. The number of para-hydroxylation sites is 1. The van der Waals surface area contributed by atoms with Gasteiger partial charge in [0.2, 0.25) is 0 Å². The summed E-state index contributed by atoms with van der Waals surface area (Å²) < 4.78 is 5.49. The van der Waals surface area contributed by atoms with Crippen molar-refractivity contribution in [1.82, 2.24) is 25.1 Å². The first kappa shape index (κ1) is 25.4. The smallest absolute Gasteiger partial charge is 0.276 e. The number of likely N-dealkylation sites (tertiary alicyclic amines) is 1. The van der Waals surface area contributed by atoms with Crippen molar-refractivity contribution in [2.45, 2.75) is 18.8 Å². The average Bonchev–Trinajstić information content (AvgIpc) is 3.64. The van der Waals surface area contributed by atoms with Gasteiger partial charge >= 0.3 is 0 Å². The van der Waals surface area contributed by atoms with Crippen molar-refractivity contribution in [1.29, 1.82) is 0 Å². The molecule has 1 aliphatic rings. The molecule has 2 aromatic carbocycles. The van der Waals surface area contributed by atoms with E-state index < -0.39 is 10.8 Å². The van der Waals surface area contributed by atoms with E-state index in [-0.39, 0.29) is 29.0 Å². The Morgan fingerprint density at radius 3 is 2.67 bits per heavy atom. The van der Waals surface area contributed by atoms with Crippen molar-refractivity contribution >= 4 is 56.5 Å². The number of ether oxygens (including phenoxy) is 1. The van der Waals surface area contributed by atoms with E-state index in [1.807, 2.05) is 24.3 Å². The number of anilines is 1. The van der Waals surface area contributed by atoms with Gasteiger partial charge in [-0.2, -0.15) is 5.10 Å². The molecule has 0 atom stereocenters. The Kier molecular flexibility index (Phi) is 6.56. The fraction of sp³-hybridized carbons (Fsp3) is 0.222. The molecule has 0 radical (unpaired) electrons. The first-order valence-corrected chi connectivity index (χ1v) is 13.4. The molecule has 40 heavy (non-hydrogen) atoms. The highest BCUT2D eigenvalue weighted by Crippen LogP contribution is 2.32. The summed E-state index contributed by atoms with van der Waals surface area (Å²) in [6, 6.07) is 13.5. The van der Waals surface area contributed by atoms with Crippen molar-refractivity contribution in [3.63, 3.8) is 0 Å². The van der Waals surface area contributed by atoms with Crippen molar-refractivity contribution in [3.8, 4) is 5.75 Å². The number of nitrogens with one attached hydrogen (secondary N) is 2. The summed E-state index contributed by atoms with van der Waals surface area (Å²) in [7, 11) is 1.58. The molecule has 1 saturated heterocycles. The summed E-state index contributed by atoms with van der Waals surface area (Å²) in [6.07, 6.45) is 1.41. The van der Waals surface area contributed by atoms with E-state index in [4.69, 9.17) is 4.74 Å². The molecule has 2 amide bonds. The van der Waals surface area contributed by atoms with Crippen LogP contribution in [-0.2, 0) is 0 Å². The molecule has 0 spiro atoms. The summed E-state index contributed by atoms with van der Waals surface area (Å²) in [4.78, 5) is 47.7. The summed E-state index contributed by atoms with van der Waals surface area (Å²) >= 11 is 1.40. The lowest BCUT2D eigenvalue weighted by molar-refractivity contribution is -0.384. The maximum atomic E-state index is 13.2. The van der Waals surface area contributed by atoms with E-state index in [1.54, 1.807) is 29.5 Å².